The third kappa shape index (κ3) is 7.72. The second-order valence-electron chi connectivity index (χ2n) is 6.50. The number of rotatable bonds is 1. The molecule has 0 aliphatic heterocycles. The van der Waals surface area contributed by atoms with Crippen molar-refractivity contribution in [3.63, 3.8) is 0 Å². The van der Waals surface area contributed by atoms with Crippen LogP contribution in [0.2, 0.25) is 0 Å². The summed E-state index contributed by atoms with van der Waals surface area (Å²) in [5.74, 6) is 1.000. The summed E-state index contributed by atoms with van der Waals surface area (Å²) in [7, 11) is 0. The van der Waals surface area contributed by atoms with Gasteiger partial charge < -0.3 is 0 Å². The van der Waals surface area contributed by atoms with Crippen LogP contribution in [0.4, 0.5) is 0 Å². The second-order valence-corrected chi connectivity index (χ2v) is 6.50. The Bertz CT molecular complexity index is 326. The molecule has 1 aliphatic carbocycles. The predicted octanol–water partition coefficient (Wildman–Crippen LogP) is 6.94. The van der Waals surface area contributed by atoms with Gasteiger partial charge in [0, 0.05) is 0 Å². The van der Waals surface area contributed by atoms with Crippen molar-refractivity contribution < 1.29 is 0 Å². The molecule has 0 bridgehead atoms. The molecule has 1 fully saturated rings. The molecule has 20 heavy (non-hydrogen) atoms. The summed E-state index contributed by atoms with van der Waals surface area (Å²) in [6, 6.07) is 8.45. The summed E-state index contributed by atoms with van der Waals surface area (Å²) in [5.41, 5.74) is 3.38. The fourth-order valence-corrected chi connectivity index (χ4v) is 2.62. The van der Waals surface area contributed by atoms with Gasteiger partial charge in [-0.3, -0.25) is 0 Å². The van der Waals surface area contributed by atoms with Crippen LogP contribution in [0.15, 0.2) is 24.3 Å². The molecule has 0 heteroatoms. The van der Waals surface area contributed by atoms with Gasteiger partial charge in [-0.15, -0.1) is 0 Å². The van der Waals surface area contributed by atoms with Crippen molar-refractivity contribution in [2.24, 2.45) is 11.3 Å². The number of aryl methyl sites for hydroxylation is 2. The summed E-state index contributed by atoms with van der Waals surface area (Å²) in [4.78, 5) is 0. The van der Waals surface area contributed by atoms with Crippen molar-refractivity contribution in [1.29, 1.82) is 0 Å². The molecule has 0 nitrogen and oxygen atoms in total. The first-order chi connectivity index (χ1) is 9.45. The normalized spacial score (nSPS) is 24.9. The Morgan fingerprint density at radius 3 is 1.80 bits per heavy atom. The molecule has 0 heterocycles. The lowest BCUT2D eigenvalue weighted by molar-refractivity contribution is 0.172. The van der Waals surface area contributed by atoms with Crippen molar-refractivity contribution in [2.75, 3.05) is 0 Å². The van der Waals surface area contributed by atoms with Crippen LogP contribution in [0.5, 0.6) is 0 Å². The third-order valence-corrected chi connectivity index (χ3v) is 4.51. The van der Waals surface area contributed by atoms with Gasteiger partial charge in [0.05, 0.1) is 0 Å². The van der Waals surface area contributed by atoms with Crippen molar-refractivity contribution in [1.82, 2.24) is 0 Å². The standard InChI is InChI=1S/C10H20.C8H10.C2H6/c1-4-10(3)7-5-9(2)6-8-10;1-7-4-3-5-8(2)6-7;1-2/h9H,4-8H2,1-3H3;3-6H,1-2H3;1-2H3. The molecule has 116 valence electrons. The topological polar surface area (TPSA) is 0 Å². The quantitative estimate of drug-likeness (QED) is 0.521. The summed E-state index contributed by atoms with van der Waals surface area (Å²) in [5, 5.41) is 0. The van der Waals surface area contributed by atoms with Gasteiger partial charge in [-0.05, 0) is 38.0 Å². The third-order valence-electron chi connectivity index (χ3n) is 4.51. The fourth-order valence-electron chi connectivity index (χ4n) is 2.62. The lowest BCUT2D eigenvalue weighted by Crippen LogP contribution is -2.22. The van der Waals surface area contributed by atoms with E-state index in [9.17, 15) is 0 Å². The summed E-state index contributed by atoms with van der Waals surface area (Å²) < 4.78 is 0. The highest BCUT2D eigenvalue weighted by molar-refractivity contribution is 5.20. The molecule has 1 aliphatic rings. The van der Waals surface area contributed by atoms with Crippen LogP contribution >= 0.6 is 0 Å². The van der Waals surface area contributed by atoms with Gasteiger partial charge in [-0.25, -0.2) is 0 Å². The van der Waals surface area contributed by atoms with Gasteiger partial charge in [0.25, 0.3) is 0 Å². The predicted molar refractivity (Wildman–Crippen MR) is 93.3 cm³/mol. The lowest BCUT2D eigenvalue weighted by atomic mass is 9.71. The Morgan fingerprint density at radius 2 is 1.50 bits per heavy atom. The van der Waals surface area contributed by atoms with E-state index in [1.165, 1.54) is 43.2 Å². The van der Waals surface area contributed by atoms with Crippen LogP contribution in [0.3, 0.4) is 0 Å². The smallest absolute Gasteiger partial charge is 0.0328 e. The zero-order chi connectivity index (χ0) is 15.6. The molecule has 0 atom stereocenters. The van der Waals surface area contributed by atoms with Crippen molar-refractivity contribution in [3.8, 4) is 0 Å². The van der Waals surface area contributed by atoms with Crippen LogP contribution in [0.1, 0.15) is 77.8 Å². The summed E-state index contributed by atoms with van der Waals surface area (Å²) in [6.07, 6.45) is 7.23. The number of hydrogen-bond acceptors (Lipinski definition) is 0. The Labute approximate surface area is 128 Å². The van der Waals surface area contributed by atoms with E-state index in [0.717, 1.165) is 5.92 Å². The maximum absolute atomic E-state index is 2.44. The molecule has 0 aromatic heterocycles. The molecule has 0 unspecified atom stereocenters. The molecule has 0 radical (unpaired) electrons. The molecule has 0 saturated heterocycles. The van der Waals surface area contributed by atoms with Crippen molar-refractivity contribution in [3.05, 3.63) is 35.4 Å². The lowest BCUT2D eigenvalue weighted by Gasteiger charge is -2.35. The first kappa shape index (κ1) is 19.2. The van der Waals surface area contributed by atoms with E-state index in [0.29, 0.717) is 5.41 Å². The zero-order valence-corrected chi connectivity index (χ0v) is 14.9. The molecule has 0 N–H and O–H groups in total. The first-order valence-corrected chi connectivity index (χ1v) is 8.48. The molecule has 0 spiro atoms. The molecule has 0 amide bonds. The average Bonchev–Trinajstić information content (AvgIpc) is 2.45. The van der Waals surface area contributed by atoms with Gasteiger partial charge in [0.1, 0.15) is 0 Å². The van der Waals surface area contributed by atoms with E-state index >= 15 is 0 Å². The van der Waals surface area contributed by atoms with E-state index < -0.39 is 0 Å². The van der Waals surface area contributed by atoms with Gasteiger partial charge in [0.15, 0.2) is 0 Å². The Kier molecular flexibility index (Phi) is 9.63. The maximum Gasteiger partial charge on any atom is -0.0328 e. The fraction of sp³-hybridized carbons (Fsp3) is 0.700. The van der Waals surface area contributed by atoms with Crippen LogP contribution in [-0.4, -0.2) is 0 Å². The van der Waals surface area contributed by atoms with E-state index in [1.54, 1.807) is 0 Å². The first-order valence-electron chi connectivity index (χ1n) is 8.48. The van der Waals surface area contributed by atoms with Gasteiger partial charge >= 0.3 is 0 Å². The minimum atomic E-state index is 0.701. The molecule has 1 aromatic carbocycles. The highest BCUT2D eigenvalue weighted by Crippen LogP contribution is 2.40. The van der Waals surface area contributed by atoms with E-state index in [4.69, 9.17) is 0 Å². The van der Waals surface area contributed by atoms with Crippen LogP contribution in [-0.2, 0) is 0 Å². The van der Waals surface area contributed by atoms with Crippen molar-refractivity contribution in [2.45, 2.75) is 80.6 Å². The van der Waals surface area contributed by atoms with Gasteiger partial charge in [-0.1, -0.05) is 89.3 Å². The molecule has 1 saturated carbocycles. The van der Waals surface area contributed by atoms with Crippen molar-refractivity contribution >= 4 is 0 Å². The number of hydrogen-bond donors (Lipinski definition) is 0. The minimum absolute atomic E-state index is 0.701. The number of benzene rings is 1. The Balaban J connectivity index is 0.000000327. The van der Waals surface area contributed by atoms with Gasteiger partial charge in [-0.2, -0.15) is 0 Å². The molecular formula is C20H36. The monoisotopic (exact) mass is 276 g/mol. The summed E-state index contributed by atoms with van der Waals surface area (Å²) >= 11 is 0. The summed E-state index contributed by atoms with van der Waals surface area (Å²) in [6.45, 7) is 15.4. The second kappa shape index (κ2) is 10.0. The molecule has 2 rings (SSSR count). The van der Waals surface area contributed by atoms with E-state index in [1.807, 2.05) is 13.8 Å². The Morgan fingerprint density at radius 1 is 1.05 bits per heavy atom. The largest absolute Gasteiger partial charge is 0.0683 e. The Hall–Kier alpha value is -0.780. The SMILES string of the molecule is CC.CCC1(C)CCC(C)CC1.Cc1cccc(C)c1. The van der Waals surface area contributed by atoms with Crippen LogP contribution in [0, 0.1) is 25.2 Å². The molecule has 1 aromatic rings. The van der Waals surface area contributed by atoms with Gasteiger partial charge in [0.2, 0.25) is 0 Å². The minimum Gasteiger partial charge on any atom is -0.0683 e. The highest BCUT2D eigenvalue weighted by atomic mass is 14.3. The average molecular weight is 277 g/mol. The van der Waals surface area contributed by atoms with E-state index in [2.05, 4.69) is 58.9 Å². The van der Waals surface area contributed by atoms with Crippen LogP contribution < -0.4 is 0 Å². The van der Waals surface area contributed by atoms with E-state index in [-0.39, 0.29) is 0 Å². The maximum atomic E-state index is 2.44. The molecular weight excluding hydrogens is 240 g/mol. The van der Waals surface area contributed by atoms with Crippen LogP contribution in [0.25, 0.3) is 0 Å². The highest BCUT2D eigenvalue weighted by Gasteiger charge is 2.27. The zero-order valence-electron chi connectivity index (χ0n) is 14.9.